The van der Waals surface area contributed by atoms with Crippen LogP contribution in [0.1, 0.15) is 55.7 Å². The lowest BCUT2D eigenvalue weighted by Gasteiger charge is -2.32. The van der Waals surface area contributed by atoms with Gasteiger partial charge in [-0.05, 0) is 111 Å². The summed E-state index contributed by atoms with van der Waals surface area (Å²) in [6, 6.07) is 23.8. The zero-order chi connectivity index (χ0) is 26.6. The number of fused-ring (bicyclic) bond motifs is 1. The number of benzene rings is 3. The number of carbonyl (C=O) groups is 1. The van der Waals surface area contributed by atoms with Crippen LogP contribution in [-0.4, -0.2) is 35.4 Å². The van der Waals surface area contributed by atoms with Gasteiger partial charge in [0.1, 0.15) is 0 Å². The van der Waals surface area contributed by atoms with Gasteiger partial charge in [0, 0.05) is 32.7 Å². The molecule has 3 aromatic carbocycles. The average Bonchev–Trinajstić information content (AvgIpc) is 3.27. The Labute approximate surface area is 235 Å². The van der Waals surface area contributed by atoms with Crippen molar-refractivity contribution < 1.29 is 4.79 Å². The Balaban J connectivity index is 1.21. The van der Waals surface area contributed by atoms with Crippen LogP contribution < -0.4 is 5.32 Å². The van der Waals surface area contributed by atoms with Gasteiger partial charge in [0.25, 0.3) is 0 Å². The predicted molar refractivity (Wildman–Crippen MR) is 163 cm³/mol. The molecule has 0 atom stereocenters. The molecule has 1 saturated heterocycles. The topological polar surface area (TPSA) is 48.1 Å². The summed E-state index contributed by atoms with van der Waals surface area (Å²) >= 11 is 3.65. The van der Waals surface area contributed by atoms with Gasteiger partial charge < -0.3 is 15.2 Å². The van der Waals surface area contributed by atoms with Gasteiger partial charge in [-0.15, -0.1) is 0 Å². The second kappa shape index (κ2) is 11.9. The van der Waals surface area contributed by atoms with Crippen LogP contribution in [0, 0.1) is 12.8 Å². The number of hydrogen-bond donors (Lipinski definition) is 2. The summed E-state index contributed by atoms with van der Waals surface area (Å²) in [5.41, 5.74) is 8.68. The molecular formula is C33H38BrN3O. The molecule has 5 heteroatoms. The van der Waals surface area contributed by atoms with Gasteiger partial charge in [-0.3, -0.25) is 4.79 Å². The van der Waals surface area contributed by atoms with Gasteiger partial charge in [0.05, 0.1) is 0 Å². The first-order valence-electron chi connectivity index (χ1n) is 13.9. The summed E-state index contributed by atoms with van der Waals surface area (Å²) in [5.74, 6) is 0.619. The van der Waals surface area contributed by atoms with Crippen LogP contribution in [0.25, 0.3) is 22.2 Å². The fraction of sp³-hybridized carbons (Fsp3) is 0.364. The van der Waals surface area contributed by atoms with Crippen molar-refractivity contribution in [2.45, 2.75) is 52.4 Å². The van der Waals surface area contributed by atoms with Crippen LogP contribution in [0.5, 0.6) is 0 Å². The smallest absolute Gasteiger partial charge is 0.226 e. The third kappa shape index (κ3) is 6.22. The van der Waals surface area contributed by atoms with E-state index in [1.54, 1.807) is 0 Å². The number of hydrogen-bond acceptors (Lipinski definition) is 2. The highest BCUT2D eigenvalue weighted by molar-refractivity contribution is 9.10. The molecule has 4 aromatic rings. The molecule has 1 fully saturated rings. The molecule has 1 aliphatic heterocycles. The Morgan fingerprint density at radius 1 is 1.05 bits per heavy atom. The van der Waals surface area contributed by atoms with E-state index in [0.717, 1.165) is 55.5 Å². The number of nitrogens with zero attached hydrogens (tertiary/aromatic N) is 1. The van der Waals surface area contributed by atoms with Crippen molar-refractivity contribution in [3.63, 3.8) is 0 Å². The first-order chi connectivity index (χ1) is 18.4. The Morgan fingerprint density at radius 3 is 2.61 bits per heavy atom. The lowest BCUT2D eigenvalue weighted by atomic mass is 9.89. The maximum atomic E-state index is 12.1. The number of anilines is 1. The first kappa shape index (κ1) is 26.7. The predicted octanol–water partition coefficient (Wildman–Crippen LogP) is 8.31. The van der Waals surface area contributed by atoms with Crippen LogP contribution in [0.15, 0.2) is 71.2 Å². The van der Waals surface area contributed by atoms with E-state index in [0.29, 0.717) is 5.92 Å². The lowest BCUT2D eigenvalue weighted by Crippen LogP contribution is -2.33. The average molecular weight is 573 g/mol. The fourth-order valence-corrected chi connectivity index (χ4v) is 6.04. The molecule has 1 aliphatic rings. The van der Waals surface area contributed by atoms with E-state index >= 15 is 0 Å². The monoisotopic (exact) mass is 571 g/mol. The summed E-state index contributed by atoms with van der Waals surface area (Å²) in [6.07, 6.45) is 4.53. The standard InChI is InChI=1S/C33H38BrN3O/c1-22(2)33(38)35-28-10-5-7-25(21-28)24-14-17-37(18-15-24)16-6-11-29-30-19-23(3)12-13-31(30)36-32(29)26-8-4-9-27(34)20-26/h4-5,7-10,12-13,19-22,24,36H,6,11,14-18H2,1-3H3,(H,35,38). The summed E-state index contributed by atoms with van der Waals surface area (Å²) in [6.45, 7) is 9.39. The SMILES string of the molecule is Cc1ccc2[nH]c(-c3cccc(Br)c3)c(CCCN3CCC(c4cccc(NC(=O)C(C)C)c4)CC3)c2c1. The van der Waals surface area contributed by atoms with Crippen molar-refractivity contribution in [3.8, 4) is 11.3 Å². The number of carbonyl (C=O) groups excluding carboxylic acids is 1. The molecule has 4 nitrogen and oxygen atoms in total. The number of likely N-dealkylation sites (tertiary alicyclic amines) is 1. The third-order valence-electron chi connectivity index (χ3n) is 7.81. The maximum absolute atomic E-state index is 12.1. The Hall–Kier alpha value is -2.89. The third-order valence-corrected chi connectivity index (χ3v) is 8.31. The molecule has 5 rings (SSSR count). The van der Waals surface area contributed by atoms with Gasteiger partial charge in [-0.25, -0.2) is 0 Å². The van der Waals surface area contributed by atoms with Crippen LogP contribution in [0.2, 0.25) is 0 Å². The van der Waals surface area contributed by atoms with Gasteiger partial charge in [-0.1, -0.05) is 65.7 Å². The van der Waals surface area contributed by atoms with Crippen molar-refractivity contribution in [1.82, 2.24) is 9.88 Å². The fourth-order valence-electron chi connectivity index (χ4n) is 5.64. The highest BCUT2D eigenvalue weighted by Crippen LogP contribution is 2.34. The van der Waals surface area contributed by atoms with Crippen LogP contribution >= 0.6 is 15.9 Å². The van der Waals surface area contributed by atoms with E-state index in [2.05, 4.69) is 98.7 Å². The van der Waals surface area contributed by atoms with Gasteiger partial charge in [0.2, 0.25) is 5.91 Å². The van der Waals surface area contributed by atoms with Crippen LogP contribution in [-0.2, 0) is 11.2 Å². The number of aryl methyl sites for hydroxylation is 2. The summed E-state index contributed by atoms with van der Waals surface area (Å²) < 4.78 is 1.10. The van der Waals surface area contributed by atoms with E-state index < -0.39 is 0 Å². The minimum atomic E-state index is -0.0131. The highest BCUT2D eigenvalue weighted by Gasteiger charge is 2.21. The quantitative estimate of drug-likeness (QED) is 0.223. The molecule has 0 radical (unpaired) electrons. The molecule has 198 valence electrons. The number of piperidine rings is 1. The lowest BCUT2D eigenvalue weighted by molar-refractivity contribution is -0.118. The largest absolute Gasteiger partial charge is 0.354 e. The number of aromatic nitrogens is 1. The molecular weight excluding hydrogens is 534 g/mol. The summed E-state index contributed by atoms with van der Waals surface area (Å²) in [7, 11) is 0. The first-order valence-corrected chi connectivity index (χ1v) is 14.7. The second-order valence-corrected chi connectivity index (χ2v) is 11.9. The summed E-state index contributed by atoms with van der Waals surface area (Å²) in [4.78, 5) is 18.4. The number of H-pyrrole nitrogens is 1. The molecule has 0 bridgehead atoms. The van der Waals surface area contributed by atoms with Gasteiger partial charge in [0.15, 0.2) is 0 Å². The normalized spacial score (nSPS) is 14.9. The van der Waals surface area contributed by atoms with Crippen LogP contribution in [0.3, 0.4) is 0 Å². The number of halogens is 1. The van der Waals surface area contributed by atoms with Crippen molar-refractivity contribution in [3.05, 3.63) is 87.9 Å². The molecule has 1 aromatic heterocycles. The van der Waals surface area contributed by atoms with E-state index in [4.69, 9.17) is 0 Å². The van der Waals surface area contributed by atoms with Gasteiger partial charge in [-0.2, -0.15) is 0 Å². The molecule has 0 aliphatic carbocycles. The van der Waals surface area contributed by atoms with Gasteiger partial charge >= 0.3 is 0 Å². The molecule has 0 unspecified atom stereocenters. The molecule has 0 spiro atoms. The van der Waals surface area contributed by atoms with Crippen molar-refractivity contribution >= 4 is 38.4 Å². The number of nitrogens with one attached hydrogen (secondary N) is 2. The Morgan fingerprint density at radius 2 is 1.84 bits per heavy atom. The van der Waals surface area contributed by atoms with E-state index in [1.807, 2.05) is 19.9 Å². The van der Waals surface area contributed by atoms with E-state index in [1.165, 1.54) is 38.9 Å². The Kier molecular flexibility index (Phi) is 8.35. The highest BCUT2D eigenvalue weighted by atomic mass is 79.9. The summed E-state index contributed by atoms with van der Waals surface area (Å²) in [5, 5.41) is 4.40. The second-order valence-electron chi connectivity index (χ2n) is 11.0. The minimum Gasteiger partial charge on any atom is -0.354 e. The maximum Gasteiger partial charge on any atom is 0.226 e. The van der Waals surface area contributed by atoms with Crippen molar-refractivity contribution in [2.24, 2.45) is 5.92 Å². The Bertz CT molecular complexity index is 1420. The van der Waals surface area contributed by atoms with Crippen LogP contribution in [0.4, 0.5) is 5.69 Å². The molecule has 1 amide bonds. The minimum absolute atomic E-state index is 0.0131. The molecule has 38 heavy (non-hydrogen) atoms. The zero-order valence-corrected chi connectivity index (χ0v) is 24.3. The van der Waals surface area contributed by atoms with Crippen molar-refractivity contribution in [2.75, 3.05) is 25.0 Å². The molecule has 2 heterocycles. The molecule has 2 N–H and O–H groups in total. The van der Waals surface area contributed by atoms with Crippen molar-refractivity contribution in [1.29, 1.82) is 0 Å². The number of aromatic amines is 1. The van der Waals surface area contributed by atoms with E-state index in [-0.39, 0.29) is 11.8 Å². The zero-order valence-electron chi connectivity index (χ0n) is 22.7. The number of rotatable bonds is 8. The number of amides is 1. The molecule has 0 saturated carbocycles. The van der Waals surface area contributed by atoms with E-state index in [9.17, 15) is 4.79 Å².